The van der Waals surface area contributed by atoms with Crippen molar-refractivity contribution in [3.8, 4) is 0 Å². The Morgan fingerprint density at radius 1 is 1.71 bits per heavy atom. The molecule has 0 bridgehead atoms. The van der Waals surface area contributed by atoms with Gasteiger partial charge in [0.15, 0.2) is 5.82 Å². The van der Waals surface area contributed by atoms with E-state index in [9.17, 15) is 4.79 Å². The second-order valence-corrected chi connectivity index (χ2v) is 5.11. The van der Waals surface area contributed by atoms with E-state index in [1.165, 1.54) is 0 Å². The number of halogens is 1. The summed E-state index contributed by atoms with van der Waals surface area (Å²) in [5.41, 5.74) is 5.48. The maximum atomic E-state index is 12.2. The van der Waals surface area contributed by atoms with E-state index in [4.69, 9.17) is 17.3 Å². The van der Waals surface area contributed by atoms with Gasteiger partial charge in [0, 0.05) is 12.2 Å². The molecule has 1 fully saturated rings. The lowest BCUT2D eigenvalue weighted by atomic mass is 9.84. The fourth-order valence-corrected chi connectivity index (χ4v) is 2.37. The molecule has 1 heterocycles. The van der Waals surface area contributed by atoms with Gasteiger partial charge in [-0.15, -0.1) is 0 Å². The van der Waals surface area contributed by atoms with Gasteiger partial charge < -0.3 is 11.1 Å². The molecule has 1 aromatic rings. The largest absolute Gasteiger partial charge is 0.327 e. The van der Waals surface area contributed by atoms with E-state index < -0.39 is 5.41 Å². The highest BCUT2D eigenvalue weighted by atomic mass is 35.5. The monoisotopic (exact) mass is 253 g/mol. The second kappa shape index (κ2) is 4.63. The van der Waals surface area contributed by atoms with Crippen molar-refractivity contribution in [2.45, 2.75) is 32.2 Å². The average Bonchev–Trinajstić information content (AvgIpc) is 2.64. The zero-order valence-electron chi connectivity index (χ0n) is 9.74. The lowest BCUT2D eigenvalue weighted by Crippen LogP contribution is -2.44. The second-order valence-electron chi connectivity index (χ2n) is 4.70. The van der Waals surface area contributed by atoms with Gasteiger partial charge in [0.1, 0.15) is 0 Å². The summed E-state index contributed by atoms with van der Waals surface area (Å²) in [6.45, 7) is 1.90. The van der Waals surface area contributed by atoms with Gasteiger partial charge in [0.25, 0.3) is 0 Å². The number of pyridine rings is 1. The molecule has 0 aromatic carbocycles. The number of carbonyl (C=O) groups excluding carboxylic acids is 1. The summed E-state index contributed by atoms with van der Waals surface area (Å²) in [6.07, 6.45) is 4.28. The lowest BCUT2D eigenvalue weighted by Gasteiger charge is -2.27. The highest BCUT2D eigenvalue weighted by Gasteiger charge is 2.43. The first-order valence-electron chi connectivity index (χ1n) is 5.71. The van der Waals surface area contributed by atoms with Gasteiger partial charge in [-0.1, -0.05) is 18.0 Å². The molecule has 92 valence electrons. The quantitative estimate of drug-likeness (QED) is 0.849. The van der Waals surface area contributed by atoms with Crippen molar-refractivity contribution in [3.05, 3.63) is 23.4 Å². The van der Waals surface area contributed by atoms with Crippen molar-refractivity contribution >= 4 is 23.3 Å². The molecule has 5 heteroatoms. The van der Waals surface area contributed by atoms with E-state index in [0.717, 1.165) is 19.3 Å². The molecule has 4 nitrogen and oxygen atoms in total. The van der Waals surface area contributed by atoms with Crippen molar-refractivity contribution in [1.29, 1.82) is 0 Å². The van der Waals surface area contributed by atoms with Gasteiger partial charge in [0.05, 0.1) is 10.4 Å². The number of nitrogens with two attached hydrogens (primary N) is 1. The SMILES string of the molecule is CC1(C(=O)Nc2ncccc2Cl)CCCC1N. The van der Waals surface area contributed by atoms with E-state index in [0.29, 0.717) is 10.8 Å². The van der Waals surface area contributed by atoms with Crippen LogP contribution in [0.3, 0.4) is 0 Å². The number of hydrogen-bond donors (Lipinski definition) is 2. The van der Waals surface area contributed by atoms with Crippen molar-refractivity contribution < 1.29 is 4.79 Å². The third kappa shape index (κ3) is 2.28. The predicted molar refractivity (Wildman–Crippen MR) is 67.8 cm³/mol. The van der Waals surface area contributed by atoms with Gasteiger partial charge in [0.2, 0.25) is 5.91 Å². The van der Waals surface area contributed by atoms with Crippen LogP contribution in [0.25, 0.3) is 0 Å². The molecule has 0 saturated heterocycles. The number of nitrogens with zero attached hydrogens (tertiary/aromatic N) is 1. The Bertz CT molecular complexity index is 438. The Morgan fingerprint density at radius 2 is 2.47 bits per heavy atom. The maximum Gasteiger partial charge on any atom is 0.233 e. The molecule has 2 atom stereocenters. The van der Waals surface area contributed by atoms with Crippen LogP contribution in [-0.2, 0) is 4.79 Å². The highest BCUT2D eigenvalue weighted by molar-refractivity contribution is 6.33. The minimum Gasteiger partial charge on any atom is -0.327 e. The summed E-state index contributed by atoms with van der Waals surface area (Å²) in [6, 6.07) is 3.33. The molecule has 1 saturated carbocycles. The smallest absolute Gasteiger partial charge is 0.233 e. The Kier molecular flexibility index (Phi) is 3.35. The van der Waals surface area contributed by atoms with Crippen LogP contribution in [-0.4, -0.2) is 16.9 Å². The molecule has 0 aliphatic heterocycles. The van der Waals surface area contributed by atoms with E-state index in [2.05, 4.69) is 10.3 Å². The fourth-order valence-electron chi connectivity index (χ4n) is 2.20. The molecule has 1 aromatic heterocycles. The number of anilines is 1. The molecule has 1 aliphatic carbocycles. The molecule has 17 heavy (non-hydrogen) atoms. The molecular weight excluding hydrogens is 238 g/mol. The van der Waals surface area contributed by atoms with Crippen LogP contribution in [0, 0.1) is 5.41 Å². The number of rotatable bonds is 2. The van der Waals surface area contributed by atoms with Crippen molar-refractivity contribution in [2.75, 3.05) is 5.32 Å². The van der Waals surface area contributed by atoms with Crippen molar-refractivity contribution in [1.82, 2.24) is 4.98 Å². The Balaban J connectivity index is 2.15. The van der Waals surface area contributed by atoms with E-state index in [1.807, 2.05) is 6.92 Å². The van der Waals surface area contributed by atoms with Crippen LogP contribution in [0.2, 0.25) is 5.02 Å². The first kappa shape index (κ1) is 12.3. The van der Waals surface area contributed by atoms with Crippen molar-refractivity contribution in [2.24, 2.45) is 11.1 Å². The number of nitrogens with one attached hydrogen (secondary N) is 1. The van der Waals surface area contributed by atoms with Crippen LogP contribution in [0.4, 0.5) is 5.82 Å². The number of carbonyl (C=O) groups is 1. The molecule has 0 radical (unpaired) electrons. The fraction of sp³-hybridized carbons (Fsp3) is 0.500. The van der Waals surface area contributed by atoms with E-state index >= 15 is 0 Å². The Labute approximate surface area is 106 Å². The van der Waals surface area contributed by atoms with Crippen LogP contribution < -0.4 is 11.1 Å². The van der Waals surface area contributed by atoms with Crippen LogP contribution >= 0.6 is 11.6 Å². The third-order valence-electron chi connectivity index (χ3n) is 3.54. The topological polar surface area (TPSA) is 68.0 Å². The Morgan fingerprint density at radius 3 is 3.06 bits per heavy atom. The van der Waals surface area contributed by atoms with Gasteiger partial charge in [-0.2, -0.15) is 0 Å². The molecule has 0 spiro atoms. The minimum atomic E-state index is -0.513. The minimum absolute atomic E-state index is 0.0926. The third-order valence-corrected chi connectivity index (χ3v) is 3.84. The molecule has 3 N–H and O–H groups in total. The zero-order valence-corrected chi connectivity index (χ0v) is 10.5. The first-order valence-corrected chi connectivity index (χ1v) is 6.09. The number of amides is 1. The van der Waals surface area contributed by atoms with E-state index in [-0.39, 0.29) is 11.9 Å². The number of aromatic nitrogens is 1. The maximum absolute atomic E-state index is 12.2. The summed E-state index contributed by atoms with van der Waals surface area (Å²) >= 11 is 5.95. The summed E-state index contributed by atoms with van der Waals surface area (Å²) in [7, 11) is 0. The normalized spacial score (nSPS) is 28.1. The first-order chi connectivity index (χ1) is 8.04. The van der Waals surface area contributed by atoms with Gasteiger partial charge >= 0.3 is 0 Å². The molecule has 1 aliphatic rings. The average molecular weight is 254 g/mol. The van der Waals surface area contributed by atoms with Crippen LogP contribution in [0.5, 0.6) is 0 Å². The van der Waals surface area contributed by atoms with E-state index in [1.54, 1.807) is 18.3 Å². The van der Waals surface area contributed by atoms with Gasteiger partial charge in [-0.25, -0.2) is 4.98 Å². The van der Waals surface area contributed by atoms with Crippen molar-refractivity contribution in [3.63, 3.8) is 0 Å². The predicted octanol–water partition coefficient (Wildman–Crippen LogP) is 2.19. The number of hydrogen-bond acceptors (Lipinski definition) is 3. The molecule has 2 rings (SSSR count). The highest BCUT2D eigenvalue weighted by Crippen LogP contribution is 2.37. The Hall–Kier alpha value is -1.13. The van der Waals surface area contributed by atoms with Gasteiger partial charge in [-0.05, 0) is 31.9 Å². The molecule has 1 amide bonds. The summed E-state index contributed by atoms with van der Waals surface area (Å²) in [5, 5.41) is 3.20. The van der Waals surface area contributed by atoms with Crippen LogP contribution in [0.15, 0.2) is 18.3 Å². The van der Waals surface area contributed by atoms with Crippen LogP contribution in [0.1, 0.15) is 26.2 Å². The summed E-state index contributed by atoms with van der Waals surface area (Å²) in [4.78, 5) is 16.3. The zero-order chi connectivity index (χ0) is 12.5. The standard InChI is InChI=1S/C12H16ClN3O/c1-12(6-2-5-9(12)14)11(17)16-10-8(13)4-3-7-15-10/h3-4,7,9H,2,5-6,14H2,1H3,(H,15,16,17). The molecular formula is C12H16ClN3O. The van der Waals surface area contributed by atoms with Gasteiger partial charge in [-0.3, -0.25) is 4.79 Å². The lowest BCUT2D eigenvalue weighted by molar-refractivity contribution is -0.125. The molecule has 2 unspecified atom stereocenters. The summed E-state index contributed by atoms with van der Waals surface area (Å²) in [5.74, 6) is 0.308. The summed E-state index contributed by atoms with van der Waals surface area (Å²) < 4.78 is 0.